The topological polar surface area (TPSA) is 9.23 Å². The fourth-order valence-electron chi connectivity index (χ4n) is 0.422. The third-order valence-electron chi connectivity index (χ3n) is 1.19. The van der Waals surface area contributed by atoms with Crippen LogP contribution in [0.5, 0.6) is 0 Å². The van der Waals surface area contributed by atoms with Crippen LogP contribution < -0.4 is 0 Å². The second-order valence-electron chi connectivity index (χ2n) is 2.00. The predicted octanol–water partition coefficient (Wildman–Crippen LogP) is 4.04. The molecule has 1 nitrogen and oxygen atoms in total. The largest absolute Gasteiger partial charge is 0.473 e. The highest BCUT2D eigenvalue weighted by Crippen LogP contribution is 1.97. The van der Waals surface area contributed by atoms with E-state index in [1.807, 2.05) is 26.0 Å². The van der Waals surface area contributed by atoms with E-state index in [9.17, 15) is 0 Å². The highest BCUT2D eigenvalue weighted by Gasteiger charge is 1.77. The Kier molecular flexibility index (Phi) is 14.4. The van der Waals surface area contributed by atoms with E-state index in [-0.39, 0.29) is 0 Å². The van der Waals surface area contributed by atoms with E-state index in [1.165, 1.54) is 11.8 Å². The first-order valence-corrected chi connectivity index (χ1v) is 4.40. The number of ether oxygens (including phenoxy) is 1. The van der Waals surface area contributed by atoms with Gasteiger partial charge in [0.25, 0.3) is 0 Å². The fraction of sp³-hybridized carbons (Fsp3) is 0.455. The number of rotatable bonds is 4. The lowest BCUT2D eigenvalue weighted by molar-refractivity contribution is 0.405. The predicted molar refractivity (Wildman–Crippen MR) is 55.8 cm³/mol. The summed E-state index contributed by atoms with van der Waals surface area (Å²) >= 11 is 0. The molecule has 12 heavy (non-hydrogen) atoms. The third kappa shape index (κ3) is 11.8. The van der Waals surface area contributed by atoms with Crippen molar-refractivity contribution in [2.24, 2.45) is 0 Å². The zero-order chi connectivity index (χ0) is 9.82. The molecular formula is C11H20O. The summed E-state index contributed by atoms with van der Waals surface area (Å²) in [6.45, 7) is 11.6. The Morgan fingerprint density at radius 2 is 2.00 bits per heavy atom. The zero-order valence-electron chi connectivity index (χ0n) is 8.63. The van der Waals surface area contributed by atoms with Crippen LogP contribution in [0.25, 0.3) is 0 Å². The molecule has 0 spiro atoms. The molecule has 0 unspecified atom stereocenters. The van der Waals surface area contributed by atoms with Crippen molar-refractivity contribution in [3.63, 3.8) is 0 Å². The van der Waals surface area contributed by atoms with Crippen LogP contribution in [0.15, 0.2) is 36.8 Å². The second-order valence-corrected chi connectivity index (χ2v) is 2.00. The molecule has 0 amide bonds. The van der Waals surface area contributed by atoms with Crippen molar-refractivity contribution in [1.82, 2.24) is 0 Å². The van der Waals surface area contributed by atoms with Gasteiger partial charge in [-0.25, -0.2) is 0 Å². The molecule has 70 valence electrons. The molecule has 0 heterocycles. The Balaban J connectivity index is 0. The molecule has 0 aliphatic rings. The van der Waals surface area contributed by atoms with Gasteiger partial charge in [0.1, 0.15) is 0 Å². The first kappa shape index (κ1) is 13.6. The summed E-state index contributed by atoms with van der Waals surface area (Å²) in [5.74, 6) is 0. The molecule has 0 aromatic carbocycles. The van der Waals surface area contributed by atoms with E-state index in [1.54, 1.807) is 6.26 Å². The summed E-state index contributed by atoms with van der Waals surface area (Å²) in [5, 5.41) is 0. The Morgan fingerprint density at radius 1 is 1.42 bits per heavy atom. The van der Waals surface area contributed by atoms with Crippen LogP contribution in [0.1, 0.15) is 34.1 Å². The van der Waals surface area contributed by atoms with Crippen LogP contribution >= 0.6 is 0 Å². The van der Waals surface area contributed by atoms with Gasteiger partial charge in [-0.3, -0.25) is 0 Å². The molecule has 0 atom stereocenters. The maximum Gasteiger partial charge on any atom is 0.0901 e. The van der Waals surface area contributed by atoms with Gasteiger partial charge in [-0.2, -0.15) is 0 Å². The first-order valence-electron chi connectivity index (χ1n) is 4.40. The van der Waals surface area contributed by atoms with Gasteiger partial charge in [0.05, 0.1) is 12.5 Å². The lowest BCUT2D eigenvalue weighted by Crippen LogP contribution is -1.68. The van der Waals surface area contributed by atoms with Crippen LogP contribution in [-0.2, 0) is 4.74 Å². The number of hydrogen-bond acceptors (Lipinski definition) is 1. The smallest absolute Gasteiger partial charge is 0.0901 e. The molecular weight excluding hydrogens is 148 g/mol. The maximum absolute atomic E-state index is 4.77. The van der Waals surface area contributed by atoms with Gasteiger partial charge in [-0.1, -0.05) is 39.0 Å². The van der Waals surface area contributed by atoms with Crippen molar-refractivity contribution in [2.75, 3.05) is 0 Å². The summed E-state index contributed by atoms with van der Waals surface area (Å²) in [6.07, 6.45) is 7.96. The summed E-state index contributed by atoms with van der Waals surface area (Å²) in [4.78, 5) is 0. The van der Waals surface area contributed by atoms with E-state index in [0.717, 1.165) is 6.42 Å². The SMILES string of the molecule is C=CO/C=C/C=C(/C)CC.CC. The van der Waals surface area contributed by atoms with E-state index in [2.05, 4.69) is 20.4 Å². The lowest BCUT2D eigenvalue weighted by atomic mass is 10.2. The monoisotopic (exact) mass is 168 g/mol. The quantitative estimate of drug-likeness (QED) is 0.454. The van der Waals surface area contributed by atoms with Crippen LogP contribution in [0.2, 0.25) is 0 Å². The summed E-state index contributed by atoms with van der Waals surface area (Å²) in [5.41, 5.74) is 1.34. The third-order valence-corrected chi connectivity index (χ3v) is 1.19. The van der Waals surface area contributed by atoms with Gasteiger partial charge in [0, 0.05) is 0 Å². The minimum Gasteiger partial charge on any atom is -0.473 e. The molecule has 0 rings (SSSR count). The second kappa shape index (κ2) is 12.7. The van der Waals surface area contributed by atoms with Crippen molar-refractivity contribution in [3.05, 3.63) is 36.8 Å². The Bertz CT molecular complexity index is 143. The molecule has 0 N–H and O–H groups in total. The molecule has 0 bridgehead atoms. The van der Waals surface area contributed by atoms with Crippen molar-refractivity contribution < 1.29 is 4.74 Å². The minimum absolute atomic E-state index is 1.08. The molecule has 0 aliphatic heterocycles. The van der Waals surface area contributed by atoms with E-state index in [0.29, 0.717) is 0 Å². The average molecular weight is 168 g/mol. The van der Waals surface area contributed by atoms with Gasteiger partial charge in [-0.05, 0) is 19.4 Å². The van der Waals surface area contributed by atoms with Crippen molar-refractivity contribution in [1.29, 1.82) is 0 Å². The Morgan fingerprint density at radius 3 is 2.42 bits per heavy atom. The molecule has 0 aromatic rings. The average Bonchev–Trinajstić information content (AvgIpc) is 2.15. The summed E-state index contributed by atoms with van der Waals surface area (Å²) in [6, 6.07) is 0. The Labute approximate surface area is 76.4 Å². The summed E-state index contributed by atoms with van der Waals surface area (Å²) < 4.78 is 4.77. The molecule has 0 fully saturated rings. The highest BCUT2D eigenvalue weighted by atomic mass is 16.5. The van der Waals surface area contributed by atoms with Crippen molar-refractivity contribution >= 4 is 0 Å². The van der Waals surface area contributed by atoms with Gasteiger partial charge in [0.2, 0.25) is 0 Å². The van der Waals surface area contributed by atoms with Gasteiger partial charge < -0.3 is 4.74 Å². The molecule has 1 heteroatoms. The molecule has 0 aliphatic carbocycles. The van der Waals surface area contributed by atoms with Gasteiger partial charge in [-0.15, -0.1) is 0 Å². The normalized spacial score (nSPS) is 10.5. The Hall–Kier alpha value is -0.980. The highest BCUT2D eigenvalue weighted by molar-refractivity contribution is 5.08. The van der Waals surface area contributed by atoms with E-state index < -0.39 is 0 Å². The molecule has 0 saturated carbocycles. The van der Waals surface area contributed by atoms with Crippen LogP contribution in [-0.4, -0.2) is 0 Å². The molecule has 0 saturated heterocycles. The van der Waals surface area contributed by atoms with E-state index in [4.69, 9.17) is 4.74 Å². The number of allylic oxidation sites excluding steroid dienone is 3. The zero-order valence-corrected chi connectivity index (χ0v) is 8.63. The standard InChI is InChI=1S/C9H14O.C2H6/c1-4-9(3)7-6-8-10-5-2;1-2/h5-8H,2,4H2,1,3H3;1-2H3/b8-6+,9-7-;. The first-order chi connectivity index (χ1) is 5.81. The van der Waals surface area contributed by atoms with E-state index >= 15 is 0 Å². The minimum atomic E-state index is 1.08. The number of hydrogen-bond donors (Lipinski definition) is 0. The summed E-state index contributed by atoms with van der Waals surface area (Å²) in [7, 11) is 0. The van der Waals surface area contributed by atoms with Crippen molar-refractivity contribution in [3.8, 4) is 0 Å². The molecule has 0 radical (unpaired) electrons. The van der Waals surface area contributed by atoms with Crippen LogP contribution in [0.3, 0.4) is 0 Å². The van der Waals surface area contributed by atoms with Gasteiger partial charge in [0.15, 0.2) is 0 Å². The lowest BCUT2D eigenvalue weighted by Gasteiger charge is -1.89. The van der Waals surface area contributed by atoms with Crippen LogP contribution in [0, 0.1) is 0 Å². The molecule has 0 aromatic heterocycles. The van der Waals surface area contributed by atoms with Gasteiger partial charge >= 0.3 is 0 Å². The van der Waals surface area contributed by atoms with Crippen LogP contribution in [0.4, 0.5) is 0 Å². The van der Waals surface area contributed by atoms with Crippen molar-refractivity contribution in [2.45, 2.75) is 34.1 Å². The fourth-order valence-corrected chi connectivity index (χ4v) is 0.422. The maximum atomic E-state index is 4.77.